The summed E-state index contributed by atoms with van der Waals surface area (Å²) in [5.41, 5.74) is 3.37. The summed E-state index contributed by atoms with van der Waals surface area (Å²) in [4.78, 5) is 22.4. The summed E-state index contributed by atoms with van der Waals surface area (Å²) in [5.74, 6) is 1.26. The van der Waals surface area contributed by atoms with Crippen molar-refractivity contribution in [3.63, 3.8) is 0 Å². The molecule has 0 atom stereocenters. The number of hydrogen-bond donors (Lipinski definition) is 3. The van der Waals surface area contributed by atoms with Gasteiger partial charge in [-0.05, 0) is 18.8 Å². The SMILES string of the molecule is CNc1cc(Nc2cc(F)cc3c2OCCO3)nc2c(C(=O)NOCC3CC3)cnn12. The van der Waals surface area contributed by atoms with E-state index in [-0.39, 0.29) is 5.56 Å². The van der Waals surface area contributed by atoms with Crippen LogP contribution in [0, 0.1) is 11.7 Å². The van der Waals surface area contributed by atoms with E-state index in [1.807, 2.05) is 0 Å². The Morgan fingerprint density at radius 3 is 2.94 bits per heavy atom. The number of hydrogen-bond acceptors (Lipinski definition) is 8. The van der Waals surface area contributed by atoms with Crippen molar-refractivity contribution in [3.05, 3.63) is 35.8 Å². The highest BCUT2D eigenvalue weighted by Gasteiger charge is 2.23. The molecular weight excluding hydrogens is 407 g/mol. The summed E-state index contributed by atoms with van der Waals surface area (Å²) in [6.45, 7) is 1.19. The minimum Gasteiger partial charge on any atom is -0.486 e. The maximum atomic E-state index is 14.1. The maximum Gasteiger partial charge on any atom is 0.280 e. The highest BCUT2D eigenvalue weighted by molar-refractivity contribution is 5.99. The number of fused-ring (bicyclic) bond motifs is 2. The average molecular weight is 428 g/mol. The molecule has 0 radical (unpaired) electrons. The molecule has 3 heterocycles. The molecular formula is C20H21FN6O4. The standard InChI is InChI=1S/C20H21FN6O4/c1-22-17-8-16(24-14-6-12(21)7-15-18(14)30-5-4-29-15)25-19-13(9-23-27(17)19)20(28)26-31-10-11-2-3-11/h6-9,11,22H,2-5,10H2,1H3,(H,24,25)(H,26,28). The Morgan fingerprint density at radius 1 is 1.29 bits per heavy atom. The molecule has 1 aliphatic carbocycles. The van der Waals surface area contributed by atoms with E-state index in [4.69, 9.17) is 14.3 Å². The van der Waals surface area contributed by atoms with Crippen molar-refractivity contribution in [2.75, 3.05) is 37.5 Å². The molecule has 5 rings (SSSR count). The van der Waals surface area contributed by atoms with Crippen molar-refractivity contribution >= 4 is 28.9 Å². The van der Waals surface area contributed by atoms with Crippen LogP contribution in [-0.2, 0) is 4.84 Å². The topological polar surface area (TPSA) is 111 Å². The third kappa shape index (κ3) is 3.91. The van der Waals surface area contributed by atoms with Gasteiger partial charge in [0.15, 0.2) is 17.1 Å². The molecule has 1 fully saturated rings. The molecule has 3 N–H and O–H groups in total. The van der Waals surface area contributed by atoms with Crippen molar-refractivity contribution in [2.24, 2.45) is 5.92 Å². The summed E-state index contributed by atoms with van der Waals surface area (Å²) in [7, 11) is 1.72. The second-order valence-electron chi connectivity index (χ2n) is 7.36. The Hall–Kier alpha value is -3.60. The molecule has 3 aromatic rings. The summed E-state index contributed by atoms with van der Waals surface area (Å²) >= 11 is 0. The molecule has 1 saturated carbocycles. The minimum absolute atomic E-state index is 0.247. The van der Waals surface area contributed by atoms with Crippen LogP contribution < -0.4 is 25.6 Å². The highest BCUT2D eigenvalue weighted by Crippen LogP contribution is 2.40. The normalized spacial score (nSPS) is 15.0. The van der Waals surface area contributed by atoms with Crippen LogP contribution in [0.2, 0.25) is 0 Å². The van der Waals surface area contributed by atoms with Crippen LogP contribution in [0.15, 0.2) is 24.4 Å². The van der Waals surface area contributed by atoms with E-state index in [0.29, 0.717) is 60.2 Å². The van der Waals surface area contributed by atoms with Crippen molar-refractivity contribution in [3.8, 4) is 11.5 Å². The molecule has 1 aromatic carbocycles. The van der Waals surface area contributed by atoms with E-state index in [0.717, 1.165) is 12.8 Å². The van der Waals surface area contributed by atoms with E-state index in [1.165, 1.54) is 22.8 Å². The molecule has 2 aromatic heterocycles. The van der Waals surface area contributed by atoms with Gasteiger partial charge in [-0.1, -0.05) is 0 Å². The van der Waals surface area contributed by atoms with Crippen molar-refractivity contribution < 1.29 is 23.5 Å². The molecule has 1 amide bonds. The van der Waals surface area contributed by atoms with Gasteiger partial charge < -0.3 is 20.1 Å². The number of carbonyl (C=O) groups excluding carboxylic acids is 1. The quantitative estimate of drug-likeness (QED) is 0.493. The lowest BCUT2D eigenvalue weighted by atomic mass is 10.2. The van der Waals surface area contributed by atoms with Gasteiger partial charge in [0.1, 0.15) is 36.2 Å². The van der Waals surface area contributed by atoms with Crippen LogP contribution in [0.5, 0.6) is 11.5 Å². The molecule has 2 aliphatic rings. The largest absolute Gasteiger partial charge is 0.486 e. The average Bonchev–Trinajstić information content (AvgIpc) is 3.49. The summed E-state index contributed by atoms with van der Waals surface area (Å²) in [6, 6.07) is 4.26. The number of ether oxygens (including phenoxy) is 2. The minimum atomic E-state index is -0.473. The van der Waals surface area contributed by atoms with E-state index in [9.17, 15) is 9.18 Å². The monoisotopic (exact) mass is 428 g/mol. The van der Waals surface area contributed by atoms with Gasteiger partial charge in [-0.25, -0.2) is 14.9 Å². The highest BCUT2D eigenvalue weighted by atomic mass is 19.1. The number of nitrogens with one attached hydrogen (secondary N) is 3. The van der Waals surface area contributed by atoms with E-state index in [2.05, 4.69) is 26.2 Å². The van der Waals surface area contributed by atoms with Crippen LogP contribution in [0.3, 0.4) is 0 Å². The third-order valence-electron chi connectivity index (χ3n) is 5.02. The molecule has 0 bridgehead atoms. The predicted octanol–water partition coefficient (Wildman–Crippen LogP) is 2.50. The maximum absolute atomic E-state index is 14.1. The van der Waals surface area contributed by atoms with E-state index in [1.54, 1.807) is 13.1 Å². The van der Waals surface area contributed by atoms with Crippen LogP contribution in [0.25, 0.3) is 5.65 Å². The first-order chi connectivity index (χ1) is 15.1. The molecule has 0 saturated heterocycles. The molecule has 162 valence electrons. The van der Waals surface area contributed by atoms with Crippen LogP contribution in [0.1, 0.15) is 23.2 Å². The third-order valence-corrected chi connectivity index (χ3v) is 5.02. The Morgan fingerprint density at radius 2 is 2.13 bits per heavy atom. The molecule has 31 heavy (non-hydrogen) atoms. The Labute approximate surface area is 176 Å². The zero-order valence-corrected chi connectivity index (χ0v) is 16.8. The van der Waals surface area contributed by atoms with Crippen molar-refractivity contribution in [2.45, 2.75) is 12.8 Å². The molecule has 11 heteroatoms. The van der Waals surface area contributed by atoms with E-state index < -0.39 is 11.7 Å². The first-order valence-corrected chi connectivity index (χ1v) is 9.97. The number of amides is 1. The number of anilines is 3. The smallest absolute Gasteiger partial charge is 0.280 e. The second kappa shape index (κ2) is 7.91. The number of carbonyl (C=O) groups is 1. The number of aromatic nitrogens is 3. The van der Waals surface area contributed by atoms with Crippen LogP contribution >= 0.6 is 0 Å². The van der Waals surface area contributed by atoms with Crippen molar-refractivity contribution in [1.29, 1.82) is 0 Å². The Bertz CT molecular complexity index is 1150. The fourth-order valence-corrected chi connectivity index (χ4v) is 3.28. The first-order valence-electron chi connectivity index (χ1n) is 9.97. The predicted molar refractivity (Wildman–Crippen MR) is 109 cm³/mol. The summed E-state index contributed by atoms with van der Waals surface area (Å²) in [6.07, 6.45) is 3.66. The Balaban J connectivity index is 1.46. The number of halogens is 1. The fraction of sp³-hybridized carbons (Fsp3) is 0.350. The second-order valence-corrected chi connectivity index (χ2v) is 7.36. The first kappa shape index (κ1) is 19.4. The molecule has 10 nitrogen and oxygen atoms in total. The zero-order chi connectivity index (χ0) is 21.4. The van der Waals surface area contributed by atoms with Gasteiger partial charge in [0.2, 0.25) is 0 Å². The summed E-state index contributed by atoms with van der Waals surface area (Å²) < 4.78 is 26.7. The number of nitrogens with zero attached hydrogens (tertiary/aromatic N) is 3. The van der Waals surface area contributed by atoms with Gasteiger partial charge in [0.25, 0.3) is 5.91 Å². The van der Waals surface area contributed by atoms with Gasteiger partial charge in [0.05, 0.1) is 18.5 Å². The van der Waals surface area contributed by atoms with Gasteiger partial charge in [-0.3, -0.25) is 9.63 Å². The van der Waals surface area contributed by atoms with Gasteiger partial charge in [0, 0.05) is 25.2 Å². The van der Waals surface area contributed by atoms with E-state index >= 15 is 0 Å². The van der Waals surface area contributed by atoms with Gasteiger partial charge in [-0.2, -0.15) is 9.61 Å². The lowest BCUT2D eigenvalue weighted by molar-refractivity contribution is 0.0271. The lowest BCUT2D eigenvalue weighted by Gasteiger charge is -2.21. The fourth-order valence-electron chi connectivity index (χ4n) is 3.28. The molecule has 0 spiro atoms. The van der Waals surface area contributed by atoms with Gasteiger partial charge in [-0.15, -0.1) is 0 Å². The lowest BCUT2D eigenvalue weighted by Crippen LogP contribution is -2.24. The molecule has 0 unspecified atom stereocenters. The van der Waals surface area contributed by atoms with Crippen molar-refractivity contribution in [1.82, 2.24) is 20.1 Å². The van der Waals surface area contributed by atoms with Crippen LogP contribution in [0.4, 0.5) is 21.7 Å². The number of rotatable bonds is 7. The summed E-state index contributed by atoms with van der Waals surface area (Å²) in [5, 5.41) is 10.3. The number of hydroxylamine groups is 1. The number of benzene rings is 1. The van der Waals surface area contributed by atoms with Crippen LogP contribution in [-0.4, -0.2) is 47.4 Å². The Kier molecular flexibility index (Phi) is 4.94. The zero-order valence-electron chi connectivity index (χ0n) is 16.8. The molecule has 1 aliphatic heterocycles. The van der Waals surface area contributed by atoms with Gasteiger partial charge >= 0.3 is 0 Å².